The third-order valence-corrected chi connectivity index (χ3v) is 4.49. The average molecular weight is 290 g/mol. The Morgan fingerprint density at radius 2 is 2.18 bits per heavy atom. The number of rotatable bonds is 1. The number of aromatic nitrogens is 3. The molecule has 0 saturated heterocycles. The number of aromatic amines is 1. The maximum atomic E-state index is 4.27. The molecule has 4 heteroatoms. The molecule has 2 aromatic heterocycles. The summed E-state index contributed by atoms with van der Waals surface area (Å²) in [6.45, 7) is 7.41. The van der Waals surface area contributed by atoms with Crippen molar-refractivity contribution in [3.05, 3.63) is 54.6 Å². The van der Waals surface area contributed by atoms with Gasteiger partial charge in [-0.05, 0) is 23.5 Å². The van der Waals surface area contributed by atoms with Gasteiger partial charge >= 0.3 is 0 Å². The van der Waals surface area contributed by atoms with Gasteiger partial charge < -0.3 is 10.3 Å². The fourth-order valence-electron chi connectivity index (χ4n) is 3.20. The van der Waals surface area contributed by atoms with E-state index in [1.165, 1.54) is 16.7 Å². The van der Waals surface area contributed by atoms with Crippen LogP contribution in [0.15, 0.2) is 43.5 Å². The van der Waals surface area contributed by atoms with Gasteiger partial charge in [-0.25, -0.2) is 9.97 Å². The molecule has 3 aromatic rings. The molecule has 0 aliphatic carbocycles. The molecular weight excluding hydrogens is 272 g/mol. The Morgan fingerprint density at radius 1 is 1.27 bits per heavy atom. The van der Waals surface area contributed by atoms with Crippen LogP contribution in [0.2, 0.25) is 0 Å². The standard InChI is InChI=1S/C18H18N4/c1-11-5-6-20-12(2)14-4-3-13(7-15(11)14)16-9-21-18-17(16)8-19-10-22-18/h3-4,7-11,20H,2,5-6H2,1H3,(H,19,21,22). The van der Waals surface area contributed by atoms with Crippen LogP contribution >= 0.6 is 0 Å². The van der Waals surface area contributed by atoms with E-state index in [2.05, 4.69) is 52.0 Å². The highest BCUT2D eigenvalue weighted by atomic mass is 14.9. The number of nitrogens with one attached hydrogen (secondary N) is 2. The molecule has 1 aromatic carbocycles. The van der Waals surface area contributed by atoms with E-state index < -0.39 is 0 Å². The first-order chi connectivity index (χ1) is 10.7. The SMILES string of the molecule is C=C1NCCC(C)c2cc(-c3c[nH]c4ncncc34)ccc21. The number of benzene rings is 1. The molecule has 1 atom stereocenters. The van der Waals surface area contributed by atoms with E-state index in [0.29, 0.717) is 5.92 Å². The number of hydrogen-bond donors (Lipinski definition) is 2. The lowest BCUT2D eigenvalue weighted by Crippen LogP contribution is -2.10. The van der Waals surface area contributed by atoms with Crippen LogP contribution < -0.4 is 5.32 Å². The fourth-order valence-corrected chi connectivity index (χ4v) is 3.20. The Labute approximate surface area is 129 Å². The first kappa shape index (κ1) is 13.1. The minimum absolute atomic E-state index is 0.517. The summed E-state index contributed by atoms with van der Waals surface area (Å²) < 4.78 is 0. The van der Waals surface area contributed by atoms with Crippen LogP contribution in [0, 0.1) is 0 Å². The third kappa shape index (κ3) is 1.99. The molecule has 0 spiro atoms. The topological polar surface area (TPSA) is 53.6 Å². The minimum atomic E-state index is 0.517. The number of H-pyrrole nitrogens is 1. The van der Waals surface area contributed by atoms with Gasteiger partial charge in [0.1, 0.15) is 12.0 Å². The molecule has 1 aliphatic rings. The molecule has 0 bridgehead atoms. The normalized spacial score (nSPS) is 17.9. The molecule has 0 amide bonds. The predicted molar refractivity (Wildman–Crippen MR) is 89.4 cm³/mol. The fraction of sp³-hybridized carbons (Fsp3) is 0.222. The summed E-state index contributed by atoms with van der Waals surface area (Å²) >= 11 is 0. The highest BCUT2D eigenvalue weighted by molar-refractivity contribution is 5.93. The second kappa shape index (κ2) is 4.98. The summed E-state index contributed by atoms with van der Waals surface area (Å²) in [6.07, 6.45) is 6.56. The molecule has 22 heavy (non-hydrogen) atoms. The lowest BCUT2D eigenvalue weighted by atomic mass is 9.90. The summed E-state index contributed by atoms with van der Waals surface area (Å²) in [5, 5.41) is 4.45. The molecule has 3 heterocycles. The maximum absolute atomic E-state index is 4.27. The molecule has 4 rings (SSSR count). The second-order valence-electron chi connectivity index (χ2n) is 5.88. The van der Waals surface area contributed by atoms with E-state index in [-0.39, 0.29) is 0 Å². The Morgan fingerprint density at radius 3 is 3.09 bits per heavy atom. The van der Waals surface area contributed by atoms with Gasteiger partial charge in [-0.2, -0.15) is 0 Å². The van der Waals surface area contributed by atoms with Crippen LogP contribution in [0.4, 0.5) is 0 Å². The summed E-state index contributed by atoms with van der Waals surface area (Å²) in [7, 11) is 0. The first-order valence-electron chi connectivity index (χ1n) is 7.58. The summed E-state index contributed by atoms with van der Waals surface area (Å²) in [6, 6.07) is 6.61. The minimum Gasteiger partial charge on any atom is -0.385 e. The zero-order valence-corrected chi connectivity index (χ0v) is 12.6. The smallest absolute Gasteiger partial charge is 0.141 e. The quantitative estimate of drug-likeness (QED) is 0.718. The van der Waals surface area contributed by atoms with Gasteiger partial charge in [-0.15, -0.1) is 0 Å². The van der Waals surface area contributed by atoms with Gasteiger partial charge in [0.05, 0.1) is 0 Å². The van der Waals surface area contributed by atoms with E-state index in [0.717, 1.165) is 35.3 Å². The van der Waals surface area contributed by atoms with Crippen LogP contribution in [0.5, 0.6) is 0 Å². The zero-order chi connectivity index (χ0) is 15.1. The van der Waals surface area contributed by atoms with E-state index >= 15 is 0 Å². The van der Waals surface area contributed by atoms with Crippen LogP contribution in [0.1, 0.15) is 30.4 Å². The van der Waals surface area contributed by atoms with Crippen molar-refractivity contribution in [2.75, 3.05) is 6.54 Å². The molecule has 1 aliphatic heterocycles. The first-order valence-corrected chi connectivity index (χ1v) is 7.58. The zero-order valence-electron chi connectivity index (χ0n) is 12.6. The van der Waals surface area contributed by atoms with Crippen molar-refractivity contribution in [2.24, 2.45) is 0 Å². The van der Waals surface area contributed by atoms with Gasteiger partial charge in [0, 0.05) is 41.1 Å². The van der Waals surface area contributed by atoms with Crippen LogP contribution in [0.3, 0.4) is 0 Å². The van der Waals surface area contributed by atoms with Gasteiger partial charge in [-0.3, -0.25) is 0 Å². The Hall–Kier alpha value is -2.62. The Bertz CT molecular complexity index is 862. The lowest BCUT2D eigenvalue weighted by molar-refractivity contribution is 0.672. The van der Waals surface area contributed by atoms with Gasteiger partial charge in [0.2, 0.25) is 0 Å². The van der Waals surface area contributed by atoms with Crippen molar-refractivity contribution in [1.29, 1.82) is 0 Å². The molecule has 0 saturated carbocycles. The van der Waals surface area contributed by atoms with Crippen molar-refractivity contribution in [3.8, 4) is 11.1 Å². The van der Waals surface area contributed by atoms with Gasteiger partial charge in [-0.1, -0.05) is 31.7 Å². The van der Waals surface area contributed by atoms with Crippen molar-refractivity contribution < 1.29 is 0 Å². The summed E-state index contributed by atoms with van der Waals surface area (Å²) in [4.78, 5) is 11.6. The van der Waals surface area contributed by atoms with Crippen LogP contribution in [0.25, 0.3) is 27.9 Å². The van der Waals surface area contributed by atoms with E-state index in [4.69, 9.17) is 0 Å². The molecule has 110 valence electrons. The van der Waals surface area contributed by atoms with Crippen LogP contribution in [-0.4, -0.2) is 21.5 Å². The van der Waals surface area contributed by atoms with Gasteiger partial charge in [0.25, 0.3) is 0 Å². The lowest BCUT2D eigenvalue weighted by Gasteiger charge is -2.14. The van der Waals surface area contributed by atoms with Crippen molar-refractivity contribution in [2.45, 2.75) is 19.3 Å². The van der Waals surface area contributed by atoms with Crippen LogP contribution in [-0.2, 0) is 0 Å². The summed E-state index contributed by atoms with van der Waals surface area (Å²) in [5.41, 5.74) is 6.82. The average Bonchev–Trinajstić information content (AvgIpc) is 2.92. The summed E-state index contributed by atoms with van der Waals surface area (Å²) in [5.74, 6) is 0.517. The molecular formula is C18H18N4. The Kier molecular flexibility index (Phi) is 2.96. The third-order valence-electron chi connectivity index (χ3n) is 4.49. The van der Waals surface area contributed by atoms with E-state index in [1.807, 2.05) is 12.4 Å². The van der Waals surface area contributed by atoms with Gasteiger partial charge in [0.15, 0.2) is 0 Å². The Balaban J connectivity index is 1.89. The molecule has 4 nitrogen and oxygen atoms in total. The molecule has 1 unspecified atom stereocenters. The highest BCUT2D eigenvalue weighted by Crippen LogP contribution is 2.34. The maximum Gasteiger partial charge on any atom is 0.141 e. The number of nitrogens with zero attached hydrogens (tertiary/aromatic N) is 2. The number of fused-ring (bicyclic) bond motifs is 2. The number of hydrogen-bond acceptors (Lipinski definition) is 3. The predicted octanol–water partition coefficient (Wildman–Crippen LogP) is 3.69. The van der Waals surface area contributed by atoms with Crippen molar-refractivity contribution in [1.82, 2.24) is 20.3 Å². The van der Waals surface area contributed by atoms with E-state index in [9.17, 15) is 0 Å². The molecule has 2 N–H and O–H groups in total. The molecule has 0 fully saturated rings. The monoisotopic (exact) mass is 290 g/mol. The molecule has 0 radical (unpaired) electrons. The van der Waals surface area contributed by atoms with Crippen molar-refractivity contribution in [3.63, 3.8) is 0 Å². The largest absolute Gasteiger partial charge is 0.385 e. The highest BCUT2D eigenvalue weighted by Gasteiger charge is 2.18. The van der Waals surface area contributed by atoms with E-state index in [1.54, 1.807) is 6.33 Å². The second-order valence-corrected chi connectivity index (χ2v) is 5.88. The van der Waals surface area contributed by atoms with Crippen molar-refractivity contribution >= 4 is 16.7 Å².